The molecule has 0 aliphatic heterocycles. The van der Waals surface area contributed by atoms with Crippen molar-refractivity contribution >= 4 is 17.3 Å². The first kappa shape index (κ1) is 14.9. The predicted molar refractivity (Wildman–Crippen MR) is 84.5 cm³/mol. The predicted octanol–water partition coefficient (Wildman–Crippen LogP) is 2.15. The Balaban J connectivity index is 1.99. The van der Waals surface area contributed by atoms with Crippen LogP contribution in [0.4, 0.5) is 5.69 Å². The van der Waals surface area contributed by atoms with Crippen molar-refractivity contribution in [2.45, 2.75) is 12.5 Å². The second-order valence-electron chi connectivity index (χ2n) is 5.33. The van der Waals surface area contributed by atoms with Gasteiger partial charge in [-0.25, -0.2) is 0 Å². The van der Waals surface area contributed by atoms with Crippen LogP contribution in [-0.4, -0.2) is 29.3 Å². The molecular weight excluding hydrogens is 292 g/mol. The Bertz CT molecular complexity index is 836. The van der Waals surface area contributed by atoms with E-state index in [-0.39, 0.29) is 24.5 Å². The normalized spacial score (nSPS) is 13.7. The fraction of sp³-hybridized carbons (Fsp3) is 0.167. The molecule has 1 aliphatic rings. The maximum atomic E-state index is 12.7. The molecule has 0 unspecified atom stereocenters. The van der Waals surface area contributed by atoms with Gasteiger partial charge in [0.15, 0.2) is 11.6 Å². The zero-order chi connectivity index (χ0) is 16.4. The summed E-state index contributed by atoms with van der Waals surface area (Å²) < 4.78 is 0. The SMILES string of the molecule is N#CC[C@H](O)CNc1cccc2c1C(=O)c1ccccc1C2=O. The van der Waals surface area contributed by atoms with Crippen molar-refractivity contribution in [2.24, 2.45) is 0 Å². The van der Waals surface area contributed by atoms with Crippen LogP contribution < -0.4 is 5.32 Å². The van der Waals surface area contributed by atoms with Crippen molar-refractivity contribution in [1.29, 1.82) is 5.26 Å². The van der Waals surface area contributed by atoms with E-state index < -0.39 is 6.10 Å². The zero-order valence-corrected chi connectivity index (χ0v) is 12.2. The molecule has 23 heavy (non-hydrogen) atoms. The molecule has 5 nitrogen and oxygen atoms in total. The monoisotopic (exact) mass is 306 g/mol. The van der Waals surface area contributed by atoms with Crippen LogP contribution in [0.2, 0.25) is 0 Å². The highest BCUT2D eigenvalue weighted by molar-refractivity contribution is 6.30. The van der Waals surface area contributed by atoms with Crippen LogP contribution in [0, 0.1) is 11.3 Å². The minimum absolute atomic E-state index is 0.00225. The summed E-state index contributed by atoms with van der Waals surface area (Å²) in [6.45, 7) is 0.132. The Morgan fingerprint density at radius 2 is 1.65 bits per heavy atom. The number of carbonyl (C=O) groups excluding carboxylic acids is 2. The number of nitrogens with one attached hydrogen (secondary N) is 1. The van der Waals surface area contributed by atoms with Gasteiger partial charge >= 0.3 is 0 Å². The summed E-state index contributed by atoms with van der Waals surface area (Å²) in [5.41, 5.74) is 1.96. The molecule has 0 bridgehead atoms. The van der Waals surface area contributed by atoms with Crippen LogP contribution in [0.5, 0.6) is 0 Å². The van der Waals surface area contributed by atoms with Crippen molar-refractivity contribution in [2.75, 3.05) is 11.9 Å². The average molecular weight is 306 g/mol. The van der Waals surface area contributed by atoms with E-state index in [4.69, 9.17) is 5.26 Å². The van der Waals surface area contributed by atoms with Crippen LogP contribution in [0.25, 0.3) is 0 Å². The minimum Gasteiger partial charge on any atom is -0.390 e. The van der Waals surface area contributed by atoms with Crippen LogP contribution in [0.3, 0.4) is 0 Å². The molecule has 3 rings (SSSR count). The second kappa shape index (κ2) is 6.03. The van der Waals surface area contributed by atoms with Gasteiger partial charge in [-0.2, -0.15) is 5.26 Å². The molecule has 0 fully saturated rings. The summed E-state index contributed by atoms with van der Waals surface area (Å²) in [5, 5.41) is 21.2. The van der Waals surface area contributed by atoms with Crippen LogP contribution in [-0.2, 0) is 0 Å². The lowest BCUT2D eigenvalue weighted by Crippen LogP contribution is -2.24. The molecule has 0 heterocycles. The Morgan fingerprint density at radius 3 is 2.35 bits per heavy atom. The maximum Gasteiger partial charge on any atom is 0.196 e. The fourth-order valence-electron chi connectivity index (χ4n) is 2.70. The van der Waals surface area contributed by atoms with E-state index in [0.717, 1.165) is 0 Å². The summed E-state index contributed by atoms with van der Waals surface area (Å²) in [4.78, 5) is 25.3. The summed E-state index contributed by atoms with van der Waals surface area (Å²) in [7, 11) is 0. The molecule has 0 saturated heterocycles. The van der Waals surface area contributed by atoms with Gasteiger partial charge in [0, 0.05) is 28.9 Å². The maximum absolute atomic E-state index is 12.7. The molecule has 0 spiro atoms. The van der Waals surface area contributed by atoms with E-state index in [1.54, 1.807) is 42.5 Å². The summed E-state index contributed by atoms with van der Waals surface area (Å²) >= 11 is 0. The van der Waals surface area contributed by atoms with Crippen molar-refractivity contribution < 1.29 is 14.7 Å². The average Bonchev–Trinajstić information content (AvgIpc) is 2.58. The zero-order valence-electron chi connectivity index (χ0n) is 12.2. The van der Waals surface area contributed by atoms with Gasteiger partial charge in [0.25, 0.3) is 0 Å². The Kier molecular flexibility index (Phi) is 3.92. The van der Waals surface area contributed by atoms with E-state index in [0.29, 0.717) is 27.9 Å². The topological polar surface area (TPSA) is 90.2 Å². The van der Waals surface area contributed by atoms with Gasteiger partial charge in [-0.3, -0.25) is 9.59 Å². The first-order valence-corrected chi connectivity index (χ1v) is 7.24. The number of rotatable bonds is 4. The lowest BCUT2D eigenvalue weighted by Gasteiger charge is -2.21. The summed E-state index contributed by atoms with van der Waals surface area (Å²) in [5.74, 6) is -0.399. The Hall–Kier alpha value is -2.97. The number of aliphatic hydroxyl groups excluding tert-OH is 1. The number of carbonyl (C=O) groups is 2. The van der Waals surface area contributed by atoms with E-state index >= 15 is 0 Å². The van der Waals surface area contributed by atoms with Crippen LogP contribution in [0.1, 0.15) is 38.3 Å². The lowest BCUT2D eigenvalue weighted by atomic mass is 9.83. The Labute approximate surface area is 133 Å². The summed E-state index contributed by atoms with van der Waals surface area (Å²) in [6, 6.07) is 13.6. The third-order valence-corrected chi connectivity index (χ3v) is 3.81. The Morgan fingerprint density at radius 1 is 1.00 bits per heavy atom. The largest absolute Gasteiger partial charge is 0.390 e. The number of anilines is 1. The molecule has 1 aliphatic carbocycles. The highest BCUT2D eigenvalue weighted by Gasteiger charge is 2.31. The number of hydrogen-bond acceptors (Lipinski definition) is 5. The number of fused-ring (bicyclic) bond motifs is 2. The number of ketones is 2. The third-order valence-electron chi connectivity index (χ3n) is 3.81. The van der Waals surface area contributed by atoms with Gasteiger partial charge in [0.2, 0.25) is 0 Å². The molecule has 114 valence electrons. The molecule has 0 saturated carbocycles. The van der Waals surface area contributed by atoms with E-state index in [2.05, 4.69) is 5.32 Å². The quantitative estimate of drug-likeness (QED) is 0.771. The number of nitriles is 1. The van der Waals surface area contributed by atoms with Gasteiger partial charge < -0.3 is 10.4 Å². The highest BCUT2D eigenvalue weighted by atomic mass is 16.3. The van der Waals surface area contributed by atoms with Crippen molar-refractivity contribution in [3.8, 4) is 6.07 Å². The molecule has 5 heteroatoms. The van der Waals surface area contributed by atoms with Gasteiger partial charge in [-0.05, 0) is 6.07 Å². The first-order chi connectivity index (χ1) is 11.1. The van der Waals surface area contributed by atoms with Gasteiger partial charge in [0.05, 0.1) is 24.2 Å². The smallest absolute Gasteiger partial charge is 0.196 e. The molecular formula is C18H14N2O3. The van der Waals surface area contributed by atoms with Crippen molar-refractivity contribution in [3.05, 3.63) is 64.7 Å². The second-order valence-corrected chi connectivity index (χ2v) is 5.33. The molecule has 1 atom stereocenters. The van der Waals surface area contributed by atoms with E-state index in [1.807, 2.05) is 6.07 Å². The molecule has 0 amide bonds. The summed E-state index contributed by atoms with van der Waals surface area (Å²) in [6.07, 6.45) is -0.838. The van der Waals surface area contributed by atoms with Crippen molar-refractivity contribution in [1.82, 2.24) is 0 Å². The van der Waals surface area contributed by atoms with Gasteiger partial charge in [0.1, 0.15) is 0 Å². The van der Waals surface area contributed by atoms with Crippen molar-refractivity contribution in [3.63, 3.8) is 0 Å². The molecule has 0 radical (unpaired) electrons. The molecule has 0 aromatic heterocycles. The molecule has 2 N–H and O–H groups in total. The van der Waals surface area contributed by atoms with Crippen LogP contribution >= 0.6 is 0 Å². The molecule has 2 aromatic carbocycles. The minimum atomic E-state index is -0.836. The van der Waals surface area contributed by atoms with Gasteiger partial charge in [-0.15, -0.1) is 0 Å². The highest BCUT2D eigenvalue weighted by Crippen LogP contribution is 2.31. The lowest BCUT2D eigenvalue weighted by molar-refractivity contribution is 0.0979. The number of aliphatic hydroxyl groups is 1. The van der Waals surface area contributed by atoms with E-state index in [1.165, 1.54) is 0 Å². The first-order valence-electron chi connectivity index (χ1n) is 7.24. The standard InChI is InChI=1S/C18H14N2O3/c19-9-8-11(21)10-20-15-7-3-6-14-16(15)18(23)13-5-2-1-4-12(13)17(14)22/h1-7,11,20-21H,8,10H2/t11-/m0/s1. The fourth-order valence-corrected chi connectivity index (χ4v) is 2.70. The molecule has 2 aromatic rings. The van der Waals surface area contributed by atoms with Gasteiger partial charge in [-0.1, -0.05) is 36.4 Å². The number of benzene rings is 2. The number of nitrogens with zero attached hydrogens (tertiary/aromatic N) is 1. The third kappa shape index (κ3) is 2.60. The number of hydrogen-bond donors (Lipinski definition) is 2. The van der Waals surface area contributed by atoms with E-state index in [9.17, 15) is 14.7 Å². The van der Waals surface area contributed by atoms with Crippen LogP contribution in [0.15, 0.2) is 42.5 Å².